The van der Waals surface area contributed by atoms with Gasteiger partial charge in [0.05, 0.1) is 0 Å². The second-order valence-corrected chi connectivity index (χ2v) is 6.29. The van der Waals surface area contributed by atoms with Gasteiger partial charge in [0.2, 0.25) is 0 Å². The van der Waals surface area contributed by atoms with Crippen LogP contribution in [0, 0.1) is 0 Å². The average molecular weight is 420 g/mol. The van der Waals surface area contributed by atoms with Crippen molar-refractivity contribution in [2.45, 2.75) is 6.54 Å². The number of benzene rings is 2. The van der Waals surface area contributed by atoms with Crippen LogP contribution in [0.5, 0.6) is 0 Å². The maximum absolute atomic E-state index is 3.53. The molecule has 1 nitrogen and oxygen atoms in total. The Balaban J connectivity index is 2.04. The van der Waals surface area contributed by atoms with Gasteiger partial charge in [0.15, 0.2) is 0 Å². The van der Waals surface area contributed by atoms with Gasteiger partial charge >= 0.3 is 0 Å². The molecule has 0 heterocycles. The minimum atomic E-state index is 0.813. The lowest BCUT2D eigenvalue weighted by molar-refractivity contribution is 1.14. The third kappa shape index (κ3) is 3.83. The zero-order valence-corrected chi connectivity index (χ0v) is 13.6. The van der Waals surface area contributed by atoms with E-state index in [1.165, 1.54) is 5.56 Å². The van der Waals surface area contributed by atoms with Crippen LogP contribution >= 0.6 is 47.8 Å². The highest BCUT2D eigenvalue weighted by Gasteiger charge is 2.00. The summed E-state index contributed by atoms with van der Waals surface area (Å²) in [7, 11) is 0. The number of rotatable bonds is 3. The lowest BCUT2D eigenvalue weighted by Crippen LogP contribution is -1.99. The van der Waals surface area contributed by atoms with Gasteiger partial charge in [-0.2, -0.15) is 0 Å². The van der Waals surface area contributed by atoms with Crippen LogP contribution < -0.4 is 5.32 Å². The molecule has 2 rings (SSSR count). The number of halogens is 3. The minimum absolute atomic E-state index is 0.813. The molecule has 2 aromatic rings. The molecule has 0 fully saturated rings. The van der Waals surface area contributed by atoms with Crippen molar-refractivity contribution in [2.75, 3.05) is 5.32 Å². The Hall–Kier alpha value is -0.320. The fraction of sp³-hybridized carbons (Fsp3) is 0.0769. The van der Waals surface area contributed by atoms with Crippen LogP contribution in [0.4, 0.5) is 5.69 Å². The molecule has 0 aliphatic carbocycles. The number of nitrogens with one attached hydrogen (secondary N) is 1. The van der Waals surface area contributed by atoms with E-state index in [-0.39, 0.29) is 0 Å². The molecule has 1 N–H and O–H groups in total. The quantitative estimate of drug-likeness (QED) is 0.684. The largest absolute Gasteiger partial charge is 0.380 e. The van der Waals surface area contributed by atoms with Crippen molar-refractivity contribution in [3.63, 3.8) is 0 Å². The molecule has 0 amide bonds. The van der Waals surface area contributed by atoms with Crippen LogP contribution in [0.15, 0.2) is 55.9 Å². The van der Waals surface area contributed by atoms with E-state index in [2.05, 4.69) is 65.2 Å². The van der Waals surface area contributed by atoms with Gasteiger partial charge < -0.3 is 5.32 Å². The molecule has 0 saturated heterocycles. The molecular weight excluding hydrogens is 410 g/mol. The normalized spacial score (nSPS) is 10.3. The van der Waals surface area contributed by atoms with Gasteiger partial charge in [0.25, 0.3) is 0 Å². The van der Waals surface area contributed by atoms with Gasteiger partial charge in [-0.05, 0) is 51.8 Å². The highest BCUT2D eigenvalue weighted by atomic mass is 79.9. The van der Waals surface area contributed by atoms with Crippen molar-refractivity contribution in [1.29, 1.82) is 0 Å². The van der Waals surface area contributed by atoms with E-state index in [0.717, 1.165) is 25.7 Å². The Kier molecular flexibility index (Phi) is 4.65. The average Bonchev–Trinajstić information content (AvgIpc) is 2.30. The fourth-order valence-electron chi connectivity index (χ4n) is 1.43. The van der Waals surface area contributed by atoms with E-state index < -0.39 is 0 Å². The summed E-state index contributed by atoms with van der Waals surface area (Å²) < 4.78 is 3.23. The van der Waals surface area contributed by atoms with Crippen LogP contribution in [0.3, 0.4) is 0 Å². The predicted octanol–water partition coefficient (Wildman–Crippen LogP) is 5.59. The lowest BCUT2D eigenvalue weighted by Gasteiger charge is -2.09. The van der Waals surface area contributed by atoms with Crippen molar-refractivity contribution in [3.05, 3.63) is 61.4 Å². The smallest absolute Gasteiger partial charge is 0.0488 e. The summed E-state index contributed by atoms with van der Waals surface area (Å²) >= 11 is 10.4. The van der Waals surface area contributed by atoms with Gasteiger partial charge in [0, 0.05) is 25.7 Å². The summed E-state index contributed by atoms with van der Waals surface area (Å²) in [6.45, 7) is 0.813. The van der Waals surface area contributed by atoms with Crippen LogP contribution in [-0.4, -0.2) is 0 Å². The van der Waals surface area contributed by atoms with Gasteiger partial charge in [-0.15, -0.1) is 0 Å². The first-order valence-electron chi connectivity index (χ1n) is 5.08. The highest BCUT2D eigenvalue weighted by molar-refractivity contribution is 9.11. The Morgan fingerprint density at radius 1 is 0.824 bits per heavy atom. The Labute approximate surface area is 126 Å². The molecule has 0 aliphatic heterocycles. The summed E-state index contributed by atoms with van der Waals surface area (Å²) in [6.07, 6.45) is 0. The first-order chi connectivity index (χ1) is 8.15. The van der Waals surface area contributed by atoms with Crippen molar-refractivity contribution < 1.29 is 0 Å². The maximum Gasteiger partial charge on any atom is 0.0488 e. The first-order valence-corrected chi connectivity index (χ1v) is 7.46. The van der Waals surface area contributed by atoms with Gasteiger partial charge in [0.1, 0.15) is 0 Å². The van der Waals surface area contributed by atoms with Crippen molar-refractivity contribution >= 4 is 53.5 Å². The molecule has 0 radical (unpaired) electrons. The minimum Gasteiger partial charge on any atom is -0.380 e. The van der Waals surface area contributed by atoms with Gasteiger partial charge in [-0.3, -0.25) is 0 Å². The second-order valence-electron chi connectivity index (χ2n) is 3.60. The number of anilines is 1. The van der Waals surface area contributed by atoms with Gasteiger partial charge in [-0.25, -0.2) is 0 Å². The number of hydrogen-bond donors (Lipinski definition) is 1. The van der Waals surface area contributed by atoms with E-state index in [1.54, 1.807) is 0 Å². The van der Waals surface area contributed by atoms with Crippen molar-refractivity contribution in [3.8, 4) is 0 Å². The molecule has 17 heavy (non-hydrogen) atoms. The molecule has 2 aromatic carbocycles. The topological polar surface area (TPSA) is 12.0 Å². The second kappa shape index (κ2) is 6.03. The summed E-state index contributed by atoms with van der Waals surface area (Å²) in [5.74, 6) is 0. The van der Waals surface area contributed by atoms with E-state index in [9.17, 15) is 0 Å². The summed E-state index contributed by atoms with van der Waals surface area (Å²) in [6, 6.07) is 14.4. The van der Waals surface area contributed by atoms with Crippen molar-refractivity contribution in [1.82, 2.24) is 0 Å². The van der Waals surface area contributed by atoms with Crippen LogP contribution in [0.25, 0.3) is 0 Å². The molecule has 88 valence electrons. The molecule has 0 bridgehead atoms. The molecule has 0 unspecified atom stereocenters. The number of hydrogen-bond acceptors (Lipinski definition) is 1. The van der Waals surface area contributed by atoms with Crippen LogP contribution in [0.1, 0.15) is 5.56 Å². The van der Waals surface area contributed by atoms with Gasteiger partial charge in [-0.1, -0.05) is 44.0 Å². The van der Waals surface area contributed by atoms with Crippen LogP contribution in [0.2, 0.25) is 0 Å². The van der Waals surface area contributed by atoms with E-state index in [1.807, 2.05) is 30.3 Å². The van der Waals surface area contributed by atoms with Crippen molar-refractivity contribution in [2.24, 2.45) is 0 Å². The highest BCUT2D eigenvalue weighted by Crippen LogP contribution is 2.26. The third-order valence-electron chi connectivity index (χ3n) is 2.33. The molecule has 0 atom stereocenters. The summed E-state index contributed by atoms with van der Waals surface area (Å²) in [5, 5.41) is 3.39. The molecule has 4 heteroatoms. The molecular formula is C13H10Br3N. The first kappa shape index (κ1) is 13.1. The zero-order valence-electron chi connectivity index (χ0n) is 8.88. The molecule has 0 saturated carbocycles. The zero-order chi connectivity index (χ0) is 12.3. The fourth-order valence-corrected chi connectivity index (χ4v) is 2.88. The molecule has 0 aliphatic rings. The van der Waals surface area contributed by atoms with E-state index in [4.69, 9.17) is 0 Å². The Morgan fingerprint density at radius 2 is 1.47 bits per heavy atom. The summed E-state index contributed by atoms with van der Waals surface area (Å²) in [4.78, 5) is 0. The van der Waals surface area contributed by atoms with E-state index in [0.29, 0.717) is 0 Å². The van der Waals surface area contributed by atoms with E-state index >= 15 is 0 Å². The Bertz CT molecular complexity index is 509. The standard InChI is InChI=1S/C13H10Br3N/c14-10-3-1-9(2-4-10)8-17-13-6-5-11(15)7-12(13)16/h1-7,17H,8H2. The predicted molar refractivity (Wildman–Crippen MR) is 83.3 cm³/mol. The summed E-state index contributed by atoms with van der Waals surface area (Å²) in [5.41, 5.74) is 2.35. The lowest BCUT2D eigenvalue weighted by atomic mass is 10.2. The maximum atomic E-state index is 3.53. The Morgan fingerprint density at radius 3 is 2.12 bits per heavy atom. The SMILES string of the molecule is Brc1ccc(CNc2ccc(Br)cc2Br)cc1. The molecule has 0 aromatic heterocycles. The third-order valence-corrected chi connectivity index (χ3v) is 4.01. The monoisotopic (exact) mass is 417 g/mol. The molecule has 0 spiro atoms. The van der Waals surface area contributed by atoms with Crippen LogP contribution in [-0.2, 0) is 6.54 Å².